The molecule has 1 aliphatic rings. The maximum atomic E-state index is 13.2. The average molecular weight is 671 g/mol. The summed E-state index contributed by atoms with van der Waals surface area (Å²) in [6.07, 6.45) is 3.77. The number of carbonyl (C=O) groups excluding carboxylic acids is 3. The summed E-state index contributed by atoms with van der Waals surface area (Å²) in [5.41, 5.74) is 2.41. The van der Waals surface area contributed by atoms with Crippen LogP contribution in [-0.2, 0) is 21.3 Å². The number of para-hydroxylation sites is 1. The van der Waals surface area contributed by atoms with Gasteiger partial charge in [0.2, 0.25) is 17.7 Å². The molecule has 49 heavy (non-hydrogen) atoms. The quantitative estimate of drug-likeness (QED) is 0.171. The van der Waals surface area contributed by atoms with E-state index in [0.717, 1.165) is 22.5 Å². The first kappa shape index (κ1) is 34.7. The maximum absolute atomic E-state index is 13.2. The normalized spacial score (nSPS) is 13.3. The van der Waals surface area contributed by atoms with Crippen LogP contribution in [0.3, 0.4) is 0 Å². The van der Waals surface area contributed by atoms with Crippen molar-refractivity contribution in [3.8, 4) is 17.1 Å². The molecule has 14 nitrogen and oxygen atoms in total. The van der Waals surface area contributed by atoms with Crippen molar-refractivity contribution in [2.75, 3.05) is 48.8 Å². The van der Waals surface area contributed by atoms with Gasteiger partial charge in [0.05, 0.1) is 24.6 Å². The number of nitrogens with one attached hydrogen (secondary N) is 2. The molecular formula is C35H42N8O6. The first-order chi connectivity index (χ1) is 23.3. The molecule has 1 saturated heterocycles. The van der Waals surface area contributed by atoms with Crippen LogP contribution < -0.4 is 20.3 Å². The Balaban J connectivity index is 1.51. The second-order valence-corrected chi connectivity index (χ2v) is 12.8. The van der Waals surface area contributed by atoms with E-state index in [1.807, 2.05) is 67.7 Å². The smallest absolute Gasteiger partial charge is 0.410 e. The Bertz CT molecular complexity index is 1890. The first-order valence-electron chi connectivity index (χ1n) is 15.9. The number of anilines is 4. The molecule has 4 heterocycles. The summed E-state index contributed by atoms with van der Waals surface area (Å²) in [5.74, 6) is -0.169. The SMILES string of the molecule is C=CC(=O)Nc1cc(Nc2ncc(C(=O)OC(C)C)c(-c3cn(C)c4ccccc34)n2)c(OC)nc1N1CCN(C(=O)OC(C)(C)C)CC1. The summed E-state index contributed by atoms with van der Waals surface area (Å²) in [7, 11) is 3.40. The number of hydrogen-bond donors (Lipinski definition) is 2. The van der Waals surface area contributed by atoms with E-state index in [1.165, 1.54) is 13.3 Å². The number of carbonyl (C=O) groups is 3. The summed E-state index contributed by atoms with van der Waals surface area (Å²) < 4.78 is 18.7. The van der Waals surface area contributed by atoms with Crippen molar-refractivity contribution in [1.82, 2.24) is 24.4 Å². The van der Waals surface area contributed by atoms with Gasteiger partial charge >= 0.3 is 12.1 Å². The van der Waals surface area contributed by atoms with E-state index < -0.39 is 17.5 Å². The maximum Gasteiger partial charge on any atom is 0.410 e. The van der Waals surface area contributed by atoms with Crippen molar-refractivity contribution in [3.05, 3.63) is 60.9 Å². The Labute approximate surface area is 285 Å². The third kappa shape index (κ3) is 7.91. The number of esters is 1. The zero-order chi connectivity index (χ0) is 35.5. The molecular weight excluding hydrogens is 628 g/mol. The second-order valence-electron chi connectivity index (χ2n) is 12.8. The van der Waals surface area contributed by atoms with Gasteiger partial charge in [-0.25, -0.2) is 19.6 Å². The number of ether oxygens (including phenoxy) is 3. The van der Waals surface area contributed by atoms with Crippen molar-refractivity contribution in [3.63, 3.8) is 0 Å². The predicted octanol–water partition coefficient (Wildman–Crippen LogP) is 5.53. The lowest BCUT2D eigenvalue weighted by Crippen LogP contribution is -2.50. The molecule has 5 rings (SSSR count). The number of methoxy groups -OCH3 is 1. The number of aromatic nitrogens is 4. The molecule has 1 fully saturated rings. The zero-order valence-electron chi connectivity index (χ0n) is 28.9. The number of aryl methyl sites for hydroxylation is 1. The number of nitrogens with zero attached hydrogens (tertiary/aromatic N) is 6. The average Bonchev–Trinajstić information content (AvgIpc) is 3.39. The zero-order valence-corrected chi connectivity index (χ0v) is 28.9. The highest BCUT2D eigenvalue weighted by molar-refractivity contribution is 6.03. The van der Waals surface area contributed by atoms with Crippen LogP contribution in [0, 0.1) is 0 Å². The molecule has 2 amide bonds. The molecule has 1 aliphatic heterocycles. The van der Waals surface area contributed by atoms with Gasteiger partial charge in [0, 0.05) is 62.1 Å². The Morgan fingerprint density at radius 1 is 1.04 bits per heavy atom. The van der Waals surface area contributed by atoms with Crippen LogP contribution in [0.2, 0.25) is 0 Å². The van der Waals surface area contributed by atoms with E-state index in [2.05, 4.69) is 22.2 Å². The Morgan fingerprint density at radius 3 is 2.41 bits per heavy atom. The number of benzene rings is 1. The largest absolute Gasteiger partial charge is 0.479 e. The van der Waals surface area contributed by atoms with Gasteiger partial charge in [0.25, 0.3) is 0 Å². The minimum Gasteiger partial charge on any atom is -0.479 e. The van der Waals surface area contributed by atoms with Crippen LogP contribution in [0.4, 0.5) is 27.9 Å². The van der Waals surface area contributed by atoms with Crippen LogP contribution >= 0.6 is 0 Å². The molecule has 258 valence electrons. The fourth-order valence-corrected chi connectivity index (χ4v) is 5.40. The summed E-state index contributed by atoms with van der Waals surface area (Å²) in [6.45, 7) is 14.3. The van der Waals surface area contributed by atoms with Crippen LogP contribution in [0.25, 0.3) is 22.2 Å². The van der Waals surface area contributed by atoms with Crippen LogP contribution in [-0.4, -0.2) is 87.4 Å². The molecule has 0 aliphatic carbocycles. The van der Waals surface area contributed by atoms with Crippen molar-refractivity contribution in [2.45, 2.75) is 46.3 Å². The summed E-state index contributed by atoms with van der Waals surface area (Å²) in [5, 5.41) is 6.90. The van der Waals surface area contributed by atoms with Gasteiger partial charge in [0.1, 0.15) is 16.9 Å². The van der Waals surface area contributed by atoms with E-state index in [4.69, 9.17) is 24.2 Å². The van der Waals surface area contributed by atoms with Crippen molar-refractivity contribution >= 4 is 52.0 Å². The van der Waals surface area contributed by atoms with Gasteiger partial charge < -0.3 is 39.2 Å². The summed E-state index contributed by atoms with van der Waals surface area (Å²) in [4.78, 5) is 56.0. The van der Waals surface area contributed by atoms with Gasteiger partial charge in [-0.3, -0.25) is 4.79 Å². The highest BCUT2D eigenvalue weighted by atomic mass is 16.6. The fraction of sp³-hybridized carbons (Fsp3) is 0.371. The summed E-state index contributed by atoms with van der Waals surface area (Å²) in [6, 6.07) is 9.49. The molecule has 0 unspecified atom stereocenters. The van der Waals surface area contributed by atoms with E-state index >= 15 is 0 Å². The molecule has 3 aromatic heterocycles. The van der Waals surface area contributed by atoms with Gasteiger partial charge in [-0.15, -0.1) is 0 Å². The van der Waals surface area contributed by atoms with E-state index in [1.54, 1.807) is 24.8 Å². The van der Waals surface area contributed by atoms with Crippen LogP contribution in [0.15, 0.2) is 55.4 Å². The highest BCUT2D eigenvalue weighted by Crippen LogP contribution is 2.37. The number of fused-ring (bicyclic) bond motifs is 1. The van der Waals surface area contributed by atoms with E-state index in [9.17, 15) is 14.4 Å². The molecule has 0 bridgehead atoms. The fourth-order valence-electron chi connectivity index (χ4n) is 5.40. The Morgan fingerprint density at radius 2 is 1.76 bits per heavy atom. The summed E-state index contributed by atoms with van der Waals surface area (Å²) >= 11 is 0. The van der Waals surface area contributed by atoms with E-state index in [-0.39, 0.29) is 29.6 Å². The number of rotatable bonds is 9. The lowest BCUT2D eigenvalue weighted by molar-refractivity contribution is -0.111. The Hall–Kier alpha value is -5.66. The molecule has 2 N–H and O–H groups in total. The first-order valence-corrected chi connectivity index (χ1v) is 15.9. The van der Waals surface area contributed by atoms with Crippen LogP contribution in [0.1, 0.15) is 45.0 Å². The third-order valence-corrected chi connectivity index (χ3v) is 7.58. The molecule has 0 spiro atoms. The van der Waals surface area contributed by atoms with Gasteiger partial charge in [0.15, 0.2) is 5.82 Å². The monoisotopic (exact) mass is 670 g/mol. The van der Waals surface area contributed by atoms with Crippen molar-refractivity contribution in [2.24, 2.45) is 7.05 Å². The van der Waals surface area contributed by atoms with Gasteiger partial charge in [-0.05, 0) is 52.8 Å². The molecule has 0 atom stereocenters. The minimum atomic E-state index is -0.606. The molecule has 4 aromatic rings. The molecule has 0 radical (unpaired) electrons. The lowest BCUT2D eigenvalue weighted by atomic mass is 10.1. The number of amides is 2. The highest BCUT2D eigenvalue weighted by Gasteiger charge is 2.29. The topological polar surface area (TPSA) is 153 Å². The number of hydrogen-bond acceptors (Lipinski definition) is 11. The minimum absolute atomic E-state index is 0.156. The number of pyridine rings is 1. The van der Waals surface area contributed by atoms with Crippen molar-refractivity contribution < 1.29 is 28.6 Å². The third-order valence-electron chi connectivity index (χ3n) is 7.58. The second kappa shape index (κ2) is 14.2. The van der Waals surface area contributed by atoms with Crippen LogP contribution in [0.5, 0.6) is 5.88 Å². The van der Waals surface area contributed by atoms with E-state index in [0.29, 0.717) is 49.1 Å². The predicted molar refractivity (Wildman–Crippen MR) is 187 cm³/mol. The van der Waals surface area contributed by atoms with Gasteiger partial charge in [-0.1, -0.05) is 24.8 Å². The molecule has 1 aromatic carbocycles. The standard InChI is InChI=1S/C35H42N8O6/c1-9-28(44)37-25-18-26(31(47-8)40-30(25)42-14-16-43(17-15-42)34(46)49-35(4,5)6)38-33-36-19-23(32(45)48-21(2)3)29(39-33)24-20-41(7)27-13-11-10-12-22(24)27/h9-13,18-21H,1,14-17H2,2-8H3,(H,37,44)(H,36,38,39). The lowest BCUT2D eigenvalue weighted by Gasteiger charge is -2.37. The molecule has 14 heteroatoms. The Kier molecular flexibility index (Phi) is 10.1. The van der Waals surface area contributed by atoms with Gasteiger partial charge in [-0.2, -0.15) is 4.98 Å². The molecule has 0 saturated carbocycles. The van der Waals surface area contributed by atoms with Crippen molar-refractivity contribution in [1.29, 1.82) is 0 Å². The number of piperazine rings is 1.